The number of nitrogens with one attached hydrogen (secondary N) is 1. The first-order valence-corrected chi connectivity index (χ1v) is 6.91. The van der Waals surface area contributed by atoms with Crippen molar-refractivity contribution in [3.63, 3.8) is 0 Å². The summed E-state index contributed by atoms with van der Waals surface area (Å²) in [6, 6.07) is 9.33. The summed E-state index contributed by atoms with van der Waals surface area (Å²) in [5, 5.41) is 3.23. The normalized spacial score (nSPS) is 21.3. The van der Waals surface area contributed by atoms with Gasteiger partial charge in [0.25, 0.3) is 0 Å². The Labute approximate surface area is 111 Å². The van der Waals surface area contributed by atoms with Crippen molar-refractivity contribution in [3.8, 4) is 0 Å². The molecule has 0 aliphatic carbocycles. The average Bonchev–Trinajstić information content (AvgIpc) is 2.38. The Bertz CT molecular complexity index is 378. The van der Waals surface area contributed by atoms with Crippen molar-refractivity contribution in [1.29, 1.82) is 0 Å². The Morgan fingerprint density at radius 1 is 1.28 bits per heavy atom. The SMILES string of the molecule is CNCCN1CCN(c2ccccc2C)CC1C. The third-order valence-electron chi connectivity index (χ3n) is 3.87. The van der Waals surface area contributed by atoms with Crippen LogP contribution in [0.3, 0.4) is 0 Å². The Balaban J connectivity index is 1.98. The molecular weight excluding hydrogens is 222 g/mol. The van der Waals surface area contributed by atoms with Crippen molar-refractivity contribution in [1.82, 2.24) is 10.2 Å². The third-order valence-corrected chi connectivity index (χ3v) is 3.87. The first-order chi connectivity index (χ1) is 8.72. The molecule has 1 atom stereocenters. The molecular formula is C15H25N3. The van der Waals surface area contributed by atoms with Gasteiger partial charge >= 0.3 is 0 Å². The van der Waals surface area contributed by atoms with Gasteiger partial charge in [0.2, 0.25) is 0 Å². The maximum absolute atomic E-state index is 3.23. The maximum atomic E-state index is 3.23. The van der Waals surface area contributed by atoms with Crippen LogP contribution < -0.4 is 10.2 Å². The van der Waals surface area contributed by atoms with E-state index >= 15 is 0 Å². The van der Waals surface area contributed by atoms with E-state index in [1.807, 2.05) is 7.05 Å². The third kappa shape index (κ3) is 3.03. The number of aryl methyl sites for hydroxylation is 1. The highest BCUT2D eigenvalue weighted by Gasteiger charge is 2.23. The highest BCUT2D eigenvalue weighted by Crippen LogP contribution is 2.22. The van der Waals surface area contributed by atoms with Gasteiger partial charge < -0.3 is 10.2 Å². The summed E-state index contributed by atoms with van der Waals surface area (Å²) in [4.78, 5) is 5.10. The molecule has 0 spiro atoms. The Morgan fingerprint density at radius 3 is 2.72 bits per heavy atom. The molecule has 1 fully saturated rings. The topological polar surface area (TPSA) is 18.5 Å². The molecule has 1 aliphatic heterocycles. The van der Waals surface area contributed by atoms with Crippen LogP contribution in [0, 0.1) is 6.92 Å². The number of rotatable bonds is 4. The number of nitrogens with zero attached hydrogens (tertiary/aromatic N) is 2. The van der Waals surface area contributed by atoms with Crippen molar-refractivity contribution in [2.24, 2.45) is 0 Å². The number of hydrogen-bond acceptors (Lipinski definition) is 3. The van der Waals surface area contributed by atoms with Gasteiger partial charge in [0.15, 0.2) is 0 Å². The second-order valence-corrected chi connectivity index (χ2v) is 5.22. The van der Waals surface area contributed by atoms with Crippen LogP contribution in [0.15, 0.2) is 24.3 Å². The van der Waals surface area contributed by atoms with E-state index in [0.717, 1.165) is 32.7 Å². The largest absolute Gasteiger partial charge is 0.368 e. The average molecular weight is 247 g/mol. The van der Waals surface area contributed by atoms with Crippen molar-refractivity contribution in [2.45, 2.75) is 19.9 Å². The van der Waals surface area contributed by atoms with Gasteiger partial charge in [-0.05, 0) is 32.5 Å². The van der Waals surface area contributed by atoms with E-state index < -0.39 is 0 Å². The number of benzene rings is 1. The Kier molecular flexibility index (Phi) is 4.61. The summed E-state index contributed by atoms with van der Waals surface area (Å²) in [5.41, 5.74) is 2.78. The molecule has 0 aromatic heterocycles. The van der Waals surface area contributed by atoms with Gasteiger partial charge in [-0.2, -0.15) is 0 Å². The highest BCUT2D eigenvalue weighted by atomic mass is 15.3. The van der Waals surface area contributed by atoms with Crippen LogP contribution in [0.1, 0.15) is 12.5 Å². The second-order valence-electron chi connectivity index (χ2n) is 5.22. The van der Waals surface area contributed by atoms with Gasteiger partial charge in [0.05, 0.1) is 0 Å². The molecule has 2 rings (SSSR count). The van der Waals surface area contributed by atoms with E-state index in [9.17, 15) is 0 Å². The molecule has 1 N–H and O–H groups in total. The molecule has 0 radical (unpaired) electrons. The predicted molar refractivity (Wildman–Crippen MR) is 78.4 cm³/mol. The van der Waals surface area contributed by atoms with Crippen molar-refractivity contribution >= 4 is 5.69 Å². The summed E-state index contributed by atoms with van der Waals surface area (Å²) in [7, 11) is 2.02. The van der Waals surface area contributed by atoms with Crippen LogP contribution in [0.2, 0.25) is 0 Å². The fourth-order valence-corrected chi connectivity index (χ4v) is 2.72. The lowest BCUT2D eigenvalue weighted by atomic mass is 10.1. The molecule has 1 heterocycles. The van der Waals surface area contributed by atoms with Gasteiger partial charge in [-0.25, -0.2) is 0 Å². The highest BCUT2D eigenvalue weighted by molar-refractivity contribution is 5.53. The summed E-state index contributed by atoms with van der Waals surface area (Å²) in [6.07, 6.45) is 0. The summed E-state index contributed by atoms with van der Waals surface area (Å²) in [5.74, 6) is 0. The van der Waals surface area contributed by atoms with Crippen molar-refractivity contribution in [3.05, 3.63) is 29.8 Å². The van der Waals surface area contributed by atoms with E-state index in [1.165, 1.54) is 11.3 Å². The lowest BCUT2D eigenvalue weighted by molar-refractivity contribution is 0.191. The summed E-state index contributed by atoms with van der Waals surface area (Å²) in [6.45, 7) is 10.2. The second kappa shape index (κ2) is 6.21. The number of hydrogen-bond donors (Lipinski definition) is 1. The zero-order chi connectivity index (χ0) is 13.0. The Morgan fingerprint density at radius 2 is 2.06 bits per heavy atom. The molecule has 1 aliphatic rings. The van der Waals surface area contributed by atoms with Gasteiger partial charge in [-0.3, -0.25) is 4.90 Å². The fourth-order valence-electron chi connectivity index (χ4n) is 2.72. The number of likely N-dealkylation sites (N-methyl/N-ethyl adjacent to an activating group) is 1. The standard InChI is InChI=1S/C15H25N3/c1-13-6-4-5-7-15(13)18-11-10-17(9-8-16-3)14(2)12-18/h4-7,14,16H,8-12H2,1-3H3. The monoisotopic (exact) mass is 247 g/mol. The molecule has 0 amide bonds. The van der Waals surface area contributed by atoms with Crippen LogP contribution in [-0.4, -0.2) is 50.7 Å². The molecule has 1 saturated heterocycles. The van der Waals surface area contributed by atoms with E-state index in [1.54, 1.807) is 0 Å². The minimum Gasteiger partial charge on any atom is -0.368 e. The van der Waals surface area contributed by atoms with Gasteiger partial charge in [0.1, 0.15) is 0 Å². The van der Waals surface area contributed by atoms with E-state index in [-0.39, 0.29) is 0 Å². The smallest absolute Gasteiger partial charge is 0.0396 e. The van der Waals surface area contributed by atoms with Crippen molar-refractivity contribution in [2.75, 3.05) is 44.7 Å². The van der Waals surface area contributed by atoms with Crippen LogP contribution in [0.4, 0.5) is 5.69 Å². The zero-order valence-electron chi connectivity index (χ0n) is 11.8. The first kappa shape index (κ1) is 13.4. The number of anilines is 1. The molecule has 18 heavy (non-hydrogen) atoms. The van der Waals surface area contributed by atoms with Crippen LogP contribution in [-0.2, 0) is 0 Å². The predicted octanol–water partition coefficient (Wildman–Crippen LogP) is 1.72. The number of para-hydroxylation sites is 1. The van der Waals surface area contributed by atoms with Crippen molar-refractivity contribution < 1.29 is 0 Å². The molecule has 1 aromatic rings. The summed E-state index contributed by atoms with van der Waals surface area (Å²) < 4.78 is 0. The zero-order valence-corrected chi connectivity index (χ0v) is 11.8. The molecule has 100 valence electrons. The minimum absolute atomic E-state index is 0.631. The van der Waals surface area contributed by atoms with Crippen LogP contribution in [0.25, 0.3) is 0 Å². The lowest BCUT2D eigenvalue weighted by Crippen LogP contribution is -2.53. The van der Waals surface area contributed by atoms with E-state index in [2.05, 4.69) is 53.2 Å². The van der Waals surface area contributed by atoms with Gasteiger partial charge in [-0.15, -0.1) is 0 Å². The molecule has 0 saturated carbocycles. The maximum Gasteiger partial charge on any atom is 0.0396 e. The van der Waals surface area contributed by atoms with E-state index in [0.29, 0.717) is 6.04 Å². The first-order valence-electron chi connectivity index (χ1n) is 6.91. The molecule has 0 bridgehead atoms. The minimum atomic E-state index is 0.631. The van der Waals surface area contributed by atoms with Crippen LogP contribution >= 0.6 is 0 Å². The molecule has 3 nitrogen and oxygen atoms in total. The molecule has 1 unspecified atom stereocenters. The quantitative estimate of drug-likeness (QED) is 0.874. The summed E-state index contributed by atoms with van der Waals surface area (Å²) >= 11 is 0. The van der Waals surface area contributed by atoms with Gasteiger partial charge in [0, 0.05) is 44.5 Å². The molecule has 1 aromatic carbocycles. The fraction of sp³-hybridized carbons (Fsp3) is 0.600. The Hall–Kier alpha value is -1.06. The number of piperazine rings is 1. The van der Waals surface area contributed by atoms with E-state index in [4.69, 9.17) is 0 Å². The van der Waals surface area contributed by atoms with Crippen LogP contribution in [0.5, 0.6) is 0 Å². The lowest BCUT2D eigenvalue weighted by Gasteiger charge is -2.41. The molecule has 3 heteroatoms. The van der Waals surface area contributed by atoms with Gasteiger partial charge in [-0.1, -0.05) is 18.2 Å².